The molecule has 0 bridgehead atoms. The molecule has 1 heterocycles. The second kappa shape index (κ2) is 9.04. The molecule has 0 saturated carbocycles. The number of rotatable bonds is 7. The SMILES string of the molecule is CCN(C[C@@H](O)c1cccc(O)c1)C(=O)CCC1CCN(C)CC1. The van der Waals surface area contributed by atoms with Crippen LogP contribution in [0.15, 0.2) is 24.3 Å². The molecular formula is C19H30N2O3. The summed E-state index contributed by atoms with van der Waals surface area (Å²) >= 11 is 0. The third-order valence-corrected chi connectivity index (χ3v) is 4.99. The van der Waals surface area contributed by atoms with Gasteiger partial charge in [-0.25, -0.2) is 0 Å². The predicted octanol–water partition coefficient (Wildman–Crippen LogP) is 2.40. The Bertz CT molecular complexity index is 527. The lowest BCUT2D eigenvalue weighted by Gasteiger charge is -2.30. The number of carbonyl (C=O) groups excluding carboxylic acids is 1. The van der Waals surface area contributed by atoms with Gasteiger partial charge in [-0.15, -0.1) is 0 Å². The molecule has 1 fully saturated rings. The zero-order valence-corrected chi connectivity index (χ0v) is 14.8. The third-order valence-electron chi connectivity index (χ3n) is 4.99. The number of likely N-dealkylation sites (tertiary alicyclic amines) is 1. The maximum Gasteiger partial charge on any atom is 0.222 e. The summed E-state index contributed by atoms with van der Waals surface area (Å²) in [5.41, 5.74) is 0.636. The minimum absolute atomic E-state index is 0.107. The van der Waals surface area contributed by atoms with Gasteiger partial charge >= 0.3 is 0 Å². The number of aliphatic hydroxyl groups excluding tert-OH is 1. The fourth-order valence-electron chi connectivity index (χ4n) is 3.29. The fourth-order valence-corrected chi connectivity index (χ4v) is 3.29. The number of phenolic OH excluding ortho intramolecular Hbond substituents is 1. The maximum absolute atomic E-state index is 12.5. The number of piperidine rings is 1. The molecule has 0 unspecified atom stereocenters. The van der Waals surface area contributed by atoms with Crippen molar-refractivity contribution in [1.29, 1.82) is 0 Å². The summed E-state index contributed by atoms with van der Waals surface area (Å²) < 4.78 is 0. The molecule has 1 atom stereocenters. The van der Waals surface area contributed by atoms with Crippen molar-refractivity contribution in [2.75, 3.05) is 33.2 Å². The Morgan fingerprint density at radius 2 is 2.08 bits per heavy atom. The highest BCUT2D eigenvalue weighted by Gasteiger charge is 2.21. The molecule has 1 saturated heterocycles. The van der Waals surface area contributed by atoms with E-state index in [0.29, 0.717) is 24.4 Å². The van der Waals surface area contributed by atoms with E-state index in [1.54, 1.807) is 29.2 Å². The average molecular weight is 334 g/mol. The highest BCUT2D eigenvalue weighted by Crippen LogP contribution is 2.23. The lowest BCUT2D eigenvalue weighted by Crippen LogP contribution is -2.35. The van der Waals surface area contributed by atoms with Crippen LogP contribution in [-0.4, -0.2) is 59.1 Å². The minimum atomic E-state index is -0.774. The number of aliphatic hydroxyl groups is 1. The van der Waals surface area contributed by atoms with Crippen molar-refractivity contribution in [3.05, 3.63) is 29.8 Å². The molecule has 0 spiro atoms. The minimum Gasteiger partial charge on any atom is -0.508 e. The van der Waals surface area contributed by atoms with Gasteiger partial charge in [-0.2, -0.15) is 0 Å². The Kier molecular flexibility index (Phi) is 7.06. The smallest absolute Gasteiger partial charge is 0.222 e. The predicted molar refractivity (Wildman–Crippen MR) is 94.8 cm³/mol. The Morgan fingerprint density at radius 3 is 2.71 bits per heavy atom. The quantitative estimate of drug-likeness (QED) is 0.804. The average Bonchev–Trinajstić information content (AvgIpc) is 2.58. The molecule has 5 nitrogen and oxygen atoms in total. The molecule has 1 aromatic carbocycles. The first-order chi connectivity index (χ1) is 11.5. The number of benzene rings is 1. The zero-order chi connectivity index (χ0) is 17.5. The largest absolute Gasteiger partial charge is 0.508 e. The van der Waals surface area contributed by atoms with Gasteiger partial charge in [0.05, 0.1) is 12.6 Å². The van der Waals surface area contributed by atoms with E-state index < -0.39 is 6.10 Å². The topological polar surface area (TPSA) is 64.0 Å². The van der Waals surface area contributed by atoms with Gasteiger partial charge in [0.25, 0.3) is 0 Å². The Hall–Kier alpha value is -1.59. The van der Waals surface area contributed by atoms with Crippen LogP contribution in [0, 0.1) is 5.92 Å². The Balaban J connectivity index is 1.82. The van der Waals surface area contributed by atoms with Gasteiger partial charge in [0.1, 0.15) is 5.75 Å². The van der Waals surface area contributed by atoms with Crippen LogP contribution >= 0.6 is 0 Å². The van der Waals surface area contributed by atoms with E-state index in [4.69, 9.17) is 0 Å². The van der Waals surface area contributed by atoms with Crippen LogP contribution in [0.4, 0.5) is 0 Å². The van der Waals surface area contributed by atoms with Crippen LogP contribution in [0.5, 0.6) is 5.75 Å². The van der Waals surface area contributed by atoms with E-state index in [0.717, 1.165) is 19.5 Å². The number of phenols is 1. The molecule has 0 radical (unpaired) electrons. The standard InChI is InChI=1S/C19H30N2O3/c1-3-21(14-18(23)16-5-4-6-17(22)13-16)19(24)8-7-15-9-11-20(2)12-10-15/h4-6,13,15,18,22-23H,3,7-12,14H2,1-2H3/t18-/m1/s1. The summed E-state index contributed by atoms with van der Waals surface area (Å²) in [5, 5.41) is 19.8. The van der Waals surface area contributed by atoms with Crippen LogP contribution in [0.3, 0.4) is 0 Å². The zero-order valence-electron chi connectivity index (χ0n) is 14.8. The van der Waals surface area contributed by atoms with E-state index in [9.17, 15) is 15.0 Å². The molecule has 1 aliphatic heterocycles. The van der Waals surface area contributed by atoms with Gasteiger partial charge in [-0.05, 0) is 69.9 Å². The van der Waals surface area contributed by atoms with Crippen molar-refractivity contribution in [3.63, 3.8) is 0 Å². The van der Waals surface area contributed by atoms with Crippen LogP contribution in [-0.2, 0) is 4.79 Å². The van der Waals surface area contributed by atoms with Crippen molar-refractivity contribution in [2.45, 2.75) is 38.7 Å². The van der Waals surface area contributed by atoms with E-state index in [-0.39, 0.29) is 18.2 Å². The number of amides is 1. The molecule has 24 heavy (non-hydrogen) atoms. The molecule has 2 N–H and O–H groups in total. The van der Waals surface area contributed by atoms with E-state index >= 15 is 0 Å². The van der Waals surface area contributed by atoms with Crippen molar-refractivity contribution in [2.24, 2.45) is 5.92 Å². The number of nitrogens with zero attached hydrogens (tertiary/aromatic N) is 2. The monoisotopic (exact) mass is 334 g/mol. The van der Waals surface area contributed by atoms with Crippen LogP contribution in [0.25, 0.3) is 0 Å². The summed E-state index contributed by atoms with van der Waals surface area (Å²) in [6, 6.07) is 6.58. The highest BCUT2D eigenvalue weighted by atomic mass is 16.3. The van der Waals surface area contributed by atoms with Crippen LogP contribution in [0.1, 0.15) is 44.3 Å². The molecular weight excluding hydrogens is 304 g/mol. The van der Waals surface area contributed by atoms with Crippen LogP contribution < -0.4 is 0 Å². The lowest BCUT2D eigenvalue weighted by molar-refractivity contribution is -0.132. The molecule has 1 aliphatic rings. The van der Waals surface area contributed by atoms with E-state index in [1.165, 1.54) is 12.8 Å². The van der Waals surface area contributed by atoms with Gasteiger partial charge < -0.3 is 20.0 Å². The number of aromatic hydroxyl groups is 1. The van der Waals surface area contributed by atoms with Gasteiger partial charge in [-0.3, -0.25) is 4.79 Å². The van der Waals surface area contributed by atoms with Gasteiger partial charge in [0.15, 0.2) is 0 Å². The van der Waals surface area contributed by atoms with Crippen molar-refractivity contribution < 1.29 is 15.0 Å². The molecule has 2 rings (SSSR count). The summed E-state index contributed by atoms with van der Waals surface area (Å²) in [4.78, 5) is 16.5. The van der Waals surface area contributed by atoms with Crippen LogP contribution in [0.2, 0.25) is 0 Å². The summed E-state index contributed by atoms with van der Waals surface area (Å²) in [6.07, 6.45) is 3.05. The first kappa shape index (κ1) is 18.7. The van der Waals surface area contributed by atoms with Crippen molar-refractivity contribution >= 4 is 5.91 Å². The lowest BCUT2D eigenvalue weighted by atomic mass is 9.92. The molecule has 134 valence electrons. The summed E-state index contributed by atoms with van der Waals surface area (Å²) in [5.74, 6) is 0.874. The third kappa shape index (κ3) is 5.49. The van der Waals surface area contributed by atoms with Gasteiger partial charge in [0.2, 0.25) is 5.91 Å². The molecule has 1 aromatic rings. The molecule has 5 heteroatoms. The molecule has 0 aliphatic carbocycles. The number of hydrogen-bond acceptors (Lipinski definition) is 4. The first-order valence-electron chi connectivity index (χ1n) is 8.93. The van der Waals surface area contributed by atoms with Gasteiger partial charge in [0, 0.05) is 13.0 Å². The van der Waals surface area contributed by atoms with Gasteiger partial charge in [-0.1, -0.05) is 12.1 Å². The number of carbonyl (C=O) groups is 1. The molecule has 0 aromatic heterocycles. The Morgan fingerprint density at radius 1 is 1.38 bits per heavy atom. The first-order valence-corrected chi connectivity index (χ1v) is 8.93. The maximum atomic E-state index is 12.5. The number of hydrogen-bond donors (Lipinski definition) is 2. The normalized spacial score (nSPS) is 17.6. The van der Waals surface area contributed by atoms with E-state index in [1.807, 2.05) is 6.92 Å². The summed E-state index contributed by atoms with van der Waals surface area (Å²) in [7, 11) is 2.14. The van der Waals surface area contributed by atoms with Crippen molar-refractivity contribution in [1.82, 2.24) is 9.80 Å². The van der Waals surface area contributed by atoms with E-state index in [2.05, 4.69) is 11.9 Å². The highest BCUT2D eigenvalue weighted by molar-refractivity contribution is 5.76. The summed E-state index contributed by atoms with van der Waals surface area (Å²) in [6.45, 7) is 5.02. The molecule has 1 amide bonds. The second-order valence-corrected chi connectivity index (χ2v) is 6.83. The Labute approximate surface area is 144 Å². The van der Waals surface area contributed by atoms with Crippen molar-refractivity contribution in [3.8, 4) is 5.75 Å². The fraction of sp³-hybridized carbons (Fsp3) is 0.632. The second-order valence-electron chi connectivity index (χ2n) is 6.83. The number of likely N-dealkylation sites (N-methyl/N-ethyl adjacent to an activating group) is 1.